The summed E-state index contributed by atoms with van der Waals surface area (Å²) < 4.78 is 11.0. The standard InChI is InChI=1S/C24H36N2O4/c27-23(19-30-24(28)21-10-3-1-4-11-21)25-13-8-16-29-22-12-7-9-20(17-22)18-26-14-5-2-6-15-26/h7,9,12,17,21H,1-6,8,10-11,13-16,18-19H2,(H,25,27). The molecule has 1 aliphatic carbocycles. The summed E-state index contributed by atoms with van der Waals surface area (Å²) in [5.74, 6) is 0.378. The normalized spacial score (nSPS) is 18.0. The second-order valence-corrected chi connectivity index (χ2v) is 8.48. The molecule has 1 heterocycles. The number of hydrogen-bond donors (Lipinski definition) is 1. The third-order valence-corrected chi connectivity index (χ3v) is 5.95. The summed E-state index contributed by atoms with van der Waals surface area (Å²) >= 11 is 0. The van der Waals surface area contributed by atoms with E-state index in [1.54, 1.807) is 0 Å². The van der Waals surface area contributed by atoms with E-state index in [1.165, 1.54) is 44.3 Å². The minimum absolute atomic E-state index is 0.0226. The molecule has 1 aromatic rings. The number of piperidine rings is 1. The molecule has 0 unspecified atom stereocenters. The van der Waals surface area contributed by atoms with Crippen LogP contribution in [-0.4, -0.2) is 49.6 Å². The first-order valence-electron chi connectivity index (χ1n) is 11.6. The second-order valence-electron chi connectivity index (χ2n) is 8.48. The van der Waals surface area contributed by atoms with E-state index in [-0.39, 0.29) is 24.4 Å². The van der Waals surface area contributed by atoms with E-state index in [2.05, 4.69) is 22.3 Å². The zero-order chi connectivity index (χ0) is 21.0. The Balaban J connectivity index is 1.26. The van der Waals surface area contributed by atoms with Crippen molar-refractivity contribution in [3.8, 4) is 5.75 Å². The molecule has 1 N–H and O–H groups in total. The Bertz CT molecular complexity index is 667. The first-order chi connectivity index (χ1) is 14.7. The Hall–Kier alpha value is -2.08. The topological polar surface area (TPSA) is 67.9 Å². The average molecular weight is 417 g/mol. The van der Waals surface area contributed by atoms with Crippen LogP contribution in [0.2, 0.25) is 0 Å². The number of nitrogens with zero attached hydrogens (tertiary/aromatic N) is 1. The van der Waals surface area contributed by atoms with Crippen LogP contribution in [0.5, 0.6) is 5.75 Å². The van der Waals surface area contributed by atoms with Gasteiger partial charge < -0.3 is 14.8 Å². The van der Waals surface area contributed by atoms with Crippen LogP contribution in [0.4, 0.5) is 0 Å². The van der Waals surface area contributed by atoms with Crippen molar-refractivity contribution >= 4 is 11.9 Å². The molecule has 0 aromatic heterocycles. The Kier molecular flexibility index (Phi) is 9.48. The maximum absolute atomic E-state index is 12.0. The first kappa shape index (κ1) is 22.6. The molecule has 1 saturated carbocycles. The van der Waals surface area contributed by atoms with E-state index >= 15 is 0 Å². The van der Waals surface area contributed by atoms with Crippen molar-refractivity contribution in [2.75, 3.05) is 32.8 Å². The van der Waals surface area contributed by atoms with Crippen molar-refractivity contribution in [1.82, 2.24) is 10.2 Å². The number of ether oxygens (including phenoxy) is 2. The Labute approximate surface area is 180 Å². The van der Waals surface area contributed by atoms with Crippen LogP contribution in [0.25, 0.3) is 0 Å². The zero-order valence-electron chi connectivity index (χ0n) is 18.1. The van der Waals surface area contributed by atoms with Gasteiger partial charge in [0.05, 0.1) is 12.5 Å². The van der Waals surface area contributed by atoms with Gasteiger partial charge in [-0.3, -0.25) is 14.5 Å². The van der Waals surface area contributed by atoms with Gasteiger partial charge in [-0.15, -0.1) is 0 Å². The lowest BCUT2D eigenvalue weighted by Gasteiger charge is -2.26. The van der Waals surface area contributed by atoms with Crippen LogP contribution >= 0.6 is 0 Å². The third-order valence-electron chi connectivity index (χ3n) is 5.95. The predicted molar refractivity (Wildman–Crippen MR) is 116 cm³/mol. The molecular formula is C24H36N2O4. The summed E-state index contributed by atoms with van der Waals surface area (Å²) in [5, 5.41) is 2.79. The van der Waals surface area contributed by atoms with Gasteiger partial charge in [-0.05, 0) is 62.9 Å². The second kappa shape index (κ2) is 12.6. The molecule has 0 radical (unpaired) electrons. The fraction of sp³-hybridized carbons (Fsp3) is 0.667. The van der Waals surface area contributed by atoms with Gasteiger partial charge in [0, 0.05) is 13.1 Å². The summed E-state index contributed by atoms with van der Waals surface area (Å²) in [5.41, 5.74) is 1.28. The zero-order valence-corrected chi connectivity index (χ0v) is 18.1. The number of rotatable bonds is 10. The van der Waals surface area contributed by atoms with Gasteiger partial charge in [0.2, 0.25) is 0 Å². The summed E-state index contributed by atoms with van der Waals surface area (Å²) in [6.07, 6.45) is 9.75. The van der Waals surface area contributed by atoms with Crippen molar-refractivity contribution in [3.63, 3.8) is 0 Å². The minimum Gasteiger partial charge on any atom is -0.494 e. The molecular weight excluding hydrogens is 380 g/mol. The molecule has 30 heavy (non-hydrogen) atoms. The summed E-state index contributed by atoms with van der Waals surface area (Å²) in [4.78, 5) is 26.3. The maximum Gasteiger partial charge on any atom is 0.309 e. The van der Waals surface area contributed by atoms with Gasteiger partial charge in [0.15, 0.2) is 6.61 Å². The van der Waals surface area contributed by atoms with Crippen molar-refractivity contribution < 1.29 is 19.1 Å². The maximum atomic E-state index is 12.0. The monoisotopic (exact) mass is 416 g/mol. The van der Waals surface area contributed by atoms with Crippen LogP contribution in [0.15, 0.2) is 24.3 Å². The number of amides is 1. The van der Waals surface area contributed by atoms with Crippen LogP contribution in [0.1, 0.15) is 63.4 Å². The molecule has 1 saturated heterocycles. The number of hydrogen-bond acceptors (Lipinski definition) is 5. The Morgan fingerprint density at radius 2 is 1.80 bits per heavy atom. The third kappa shape index (κ3) is 7.98. The molecule has 1 aromatic carbocycles. The largest absolute Gasteiger partial charge is 0.494 e. The number of nitrogens with one attached hydrogen (secondary N) is 1. The molecule has 0 spiro atoms. The van der Waals surface area contributed by atoms with Crippen LogP contribution < -0.4 is 10.1 Å². The van der Waals surface area contributed by atoms with Gasteiger partial charge in [-0.1, -0.05) is 37.8 Å². The fourth-order valence-corrected chi connectivity index (χ4v) is 4.24. The van der Waals surface area contributed by atoms with Crippen molar-refractivity contribution in [3.05, 3.63) is 29.8 Å². The van der Waals surface area contributed by atoms with Gasteiger partial charge >= 0.3 is 5.97 Å². The van der Waals surface area contributed by atoms with E-state index in [9.17, 15) is 9.59 Å². The Morgan fingerprint density at radius 1 is 1.03 bits per heavy atom. The van der Waals surface area contributed by atoms with Crippen LogP contribution in [0, 0.1) is 5.92 Å². The number of carbonyl (C=O) groups excluding carboxylic acids is 2. The summed E-state index contributed by atoms with van der Waals surface area (Å²) in [7, 11) is 0. The van der Waals surface area contributed by atoms with E-state index in [4.69, 9.17) is 9.47 Å². The van der Waals surface area contributed by atoms with Crippen LogP contribution in [0.3, 0.4) is 0 Å². The van der Waals surface area contributed by atoms with Crippen molar-refractivity contribution in [2.45, 2.75) is 64.3 Å². The van der Waals surface area contributed by atoms with E-state index in [0.717, 1.165) is 38.0 Å². The predicted octanol–water partition coefficient (Wildman–Crippen LogP) is 3.68. The quantitative estimate of drug-likeness (QED) is 0.465. The van der Waals surface area contributed by atoms with Gasteiger partial charge in [-0.2, -0.15) is 0 Å². The van der Waals surface area contributed by atoms with E-state index in [0.29, 0.717) is 19.6 Å². The highest BCUT2D eigenvalue weighted by molar-refractivity contribution is 5.81. The lowest BCUT2D eigenvalue weighted by molar-refractivity contribution is -0.153. The first-order valence-corrected chi connectivity index (χ1v) is 11.6. The highest BCUT2D eigenvalue weighted by Gasteiger charge is 2.23. The van der Waals surface area contributed by atoms with Crippen molar-refractivity contribution in [2.24, 2.45) is 5.92 Å². The van der Waals surface area contributed by atoms with Crippen LogP contribution in [-0.2, 0) is 20.9 Å². The molecule has 166 valence electrons. The highest BCUT2D eigenvalue weighted by atomic mass is 16.5. The van der Waals surface area contributed by atoms with E-state index < -0.39 is 0 Å². The van der Waals surface area contributed by atoms with E-state index in [1.807, 2.05) is 12.1 Å². The molecule has 6 nitrogen and oxygen atoms in total. The molecule has 2 fully saturated rings. The van der Waals surface area contributed by atoms with Gasteiger partial charge in [-0.25, -0.2) is 0 Å². The summed E-state index contributed by atoms with van der Waals surface area (Å²) in [6, 6.07) is 8.27. The van der Waals surface area contributed by atoms with Gasteiger partial charge in [0.25, 0.3) is 5.91 Å². The molecule has 1 amide bonds. The number of carbonyl (C=O) groups is 2. The van der Waals surface area contributed by atoms with Crippen molar-refractivity contribution in [1.29, 1.82) is 0 Å². The number of benzene rings is 1. The lowest BCUT2D eigenvalue weighted by Crippen LogP contribution is -2.32. The van der Waals surface area contributed by atoms with Gasteiger partial charge in [0.1, 0.15) is 5.75 Å². The summed E-state index contributed by atoms with van der Waals surface area (Å²) in [6.45, 7) is 4.20. The molecule has 0 bridgehead atoms. The smallest absolute Gasteiger partial charge is 0.309 e. The molecule has 3 rings (SSSR count). The number of esters is 1. The fourth-order valence-electron chi connectivity index (χ4n) is 4.24. The molecule has 6 heteroatoms. The average Bonchev–Trinajstić information content (AvgIpc) is 2.79. The molecule has 2 aliphatic rings. The lowest BCUT2D eigenvalue weighted by atomic mass is 9.89. The SMILES string of the molecule is O=C(COC(=O)C1CCCCC1)NCCCOc1cccc(CN2CCCCC2)c1. The number of likely N-dealkylation sites (tertiary alicyclic amines) is 1. The Morgan fingerprint density at radius 3 is 2.60 bits per heavy atom. The molecule has 1 aliphatic heterocycles. The minimum atomic E-state index is -0.248. The molecule has 0 atom stereocenters. The highest BCUT2D eigenvalue weighted by Crippen LogP contribution is 2.24.